The summed E-state index contributed by atoms with van der Waals surface area (Å²) in [6, 6.07) is 7.74. The Morgan fingerprint density at radius 3 is 1.73 bits per heavy atom. The second-order valence-corrected chi connectivity index (χ2v) is 14.9. The number of hydrogen-bond acceptors (Lipinski definition) is 14. The van der Waals surface area contributed by atoms with E-state index in [1.165, 1.54) is 0 Å². The number of halogens is 3. The molecular formula is C37H43Cl3N16O3. The summed E-state index contributed by atoms with van der Waals surface area (Å²) in [4.78, 5) is 54.6. The number of amides is 2. The van der Waals surface area contributed by atoms with Gasteiger partial charge in [-0.15, -0.1) is 0 Å². The number of morpholine rings is 2. The zero-order valence-electron chi connectivity index (χ0n) is 33.3. The summed E-state index contributed by atoms with van der Waals surface area (Å²) in [7, 11) is 5.70. The lowest BCUT2D eigenvalue weighted by Crippen LogP contribution is -2.44. The van der Waals surface area contributed by atoms with Gasteiger partial charge >= 0.3 is 6.03 Å². The van der Waals surface area contributed by atoms with Crippen molar-refractivity contribution in [3.05, 3.63) is 59.0 Å². The Kier molecular flexibility index (Phi) is 12.9. The second kappa shape index (κ2) is 18.2. The molecule has 9 rings (SSSR count). The normalized spacial score (nSPS) is 16.8. The van der Waals surface area contributed by atoms with Gasteiger partial charge in [0.15, 0.2) is 39.6 Å². The van der Waals surface area contributed by atoms with Gasteiger partial charge in [0.2, 0.25) is 10.6 Å². The summed E-state index contributed by atoms with van der Waals surface area (Å²) in [6.07, 6.45) is 5.10. The maximum absolute atomic E-state index is 11.7. The number of aromatic nitrogens is 12. The van der Waals surface area contributed by atoms with Gasteiger partial charge in [-0.1, -0.05) is 11.6 Å². The van der Waals surface area contributed by atoms with Crippen molar-refractivity contribution >= 4 is 91.6 Å². The van der Waals surface area contributed by atoms with E-state index in [-0.39, 0.29) is 28.7 Å². The number of nitrogens with one attached hydrogen (secondary N) is 2. The molecule has 22 heteroatoms. The van der Waals surface area contributed by atoms with Crippen LogP contribution in [0.25, 0.3) is 44.9 Å². The number of carbonyl (C=O) groups excluding carboxylic acids is 1. The highest BCUT2D eigenvalue weighted by molar-refractivity contribution is 6.35. The first kappa shape index (κ1) is 41.7. The van der Waals surface area contributed by atoms with Gasteiger partial charge in [0.1, 0.15) is 16.6 Å². The van der Waals surface area contributed by atoms with Crippen LogP contribution in [0.15, 0.2) is 43.2 Å². The van der Waals surface area contributed by atoms with Crippen LogP contribution < -0.4 is 20.4 Å². The summed E-state index contributed by atoms with van der Waals surface area (Å²) < 4.78 is 16.7. The van der Waals surface area contributed by atoms with Crippen LogP contribution in [-0.4, -0.2) is 123 Å². The number of imidazole rings is 3. The Balaban J connectivity index is 0.000000149. The van der Waals surface area contributed by atoms with Crippen LogP contribution in [0.2, 0.25) is 15.7 Å². The fraction of sp³-hybridized carbons (Fsp3) is 0.405. The molecule has 6 aromatic heterocycles. The first-order valence-electron chi connectivity index (χ1n) is 18.8. The fourth-order valence-corrected chi connectivity index (χ4v) is 7.35. The molecular weight excluding hydrogens is 823 g/mol. The number of urea groups is 1. The lowest BCUT2D eigenvalue weighted by molar-refractivity contribution is 0.0986. The highest BCUT2D eigenvalue weighted by Crippen LogP contribution is 2.30. The first-order valence-corrected chi connectivity index (χ1v) is 19.9. The van der Waals surface area contributed by atoms with E-state index >= 15 is 0 Å². The third kappa shape index (κ3) is 9.23. The molecule has 2 saturated heterocycles. The standard InChI is InChI=1S/C20H25N7O2.C11H14ClN5O.C6H4Cl2N4/c1-4-21-20(28)23-15-7-5-14(6-8-15)17-24-18-16(26(3)12-22-18)19(25-17)27-9-10-29-11-13(27)2;1-7-5-18-4-3-17(7)10-8-9(13-6-16(8)2)14-11(12)15-10;1-12-2-9-5-3(12)4(7)10-6(8)11-5/h5-8,12-13H,4,9-11H2,1-3H3,(H2,21,23,28);6-7H,3-5H2,1-2H3;2H,1H3/t13-;7-;/m11./s1. The molecule has 2 amide bonds. The lowest BCUT2D eigenvalue weighted by atomic mass is 10.2. The van der Waals surface area contributed by atoms with Crippen LogP contribution in [0.5, 0.6) is 0 Å². The van der Waals surface area contributed by atoms with E-state index in [9.17, 15) is 4.79 Å². The Hall–Kier alpha value is -5.47. The van der Waals surface area contributed by atoms with Crippen LogP contribution in [0, 0.1) is 0 Å². The predicted octanol–water partition coefficient (Wildman–Crippen LogP) is 5.31. The number of carbonyl (C=O) groups is 1. The number of benzene rings is 1. The minimum absolute atomic E-state index is 0.117. The van der Waals surface area contributed by atoms with Crippen LogP contribution in [0.3, 0.4) is 0 Å². The van der Waals surface area contributed by atoms with Gasteiger partial charge in [-0.25, -0.2) is 34.7 Å². The molecule has 2 aliphatic heterocycles. The van der Waals surface area contributed by atoms with E-state index in [2.05, 4.69) is 74.2 Å². The summed E-state index contributed by atoms with van der Waals surface area (Å²) >= 11 is 17.4. The summed E-state index contributed by atoms with van der Waals surface area (Å²) in [5.74, 6) is 2.31. The van der Waals surface area contributed by atoms with Gasteiger partial charge in [0.25, 0.3) is 0 Å². The van der Waals surface area contributed by atoms with Crippen LogP contribution >= 0.6 is 34.8 Å². The molecule has 310 valence electrons. The number of ether oxygens (including phenoxy) is 2. The van der Waals surface area contributed by atoms with Crippen molar-refractivity contribution in [2.45, 2.75) is 32.9 Å². The maximum atomic E-state index is 11.7. The van der Waals surface area contributed by atoms with E-state index in [4.69, 9.17) is 49.3 Å². The van der Waals surface area contributed by atoms with E-state index in [0.717, 1.165) is 41.3 Å². The number of hydrogen-bond donors (Lipinski definition) is 2. The minimum Gasteiger partial charge on any atom is -0.377 e. The van der Waals surface area contributed by atoms with Gasteiger partial charge < -0.3 is 43.6 Å². The minimum atomic E-state index is -0.227. The molecule has 2 aliphatic rings. The van der Waals surface area contributed by atoms with Gasteiger partial charge in [-0.3, -0.25) is 0 Å². The van der Waals surface area contributed by atoms with Crippen molar-refractivity contribution in [1.29, 1.82) is 0 Å². The average Bonchev–Trinajstić information content (AvgIpc) is 3.91. The molecule has 1 aromatic carbocycles. The van der Waals surface area contributed by atoms with Crippen molar-refractivity contribution in [1.82, 2.24) is 63.9 Å². The Morgan fingerprint density at radius 1 is 0.695 bits per heavy atom. The van der Waals surface area contributed by atoms with Gasteiger partial charge in [-0.05, 0) is 68.2 Å². The number of anilines is 3. The second-order valence-electron chi connectivity index (χ2n) is 13.9. The van der Waals surface area contributed by atoms with E-state index < -0.39 is 0 Å². The van der Waals surface area contributed by atoms with E-state index in [1.807, 2.05) is 61.5 Å². The molecule has 2 N–H and O–H groups in total. The monoisotopic (exact) mass is 864 g/mol. The van der Waals surface area contributed by atoms with Crippen molar-refractivity contribution in [3.63, 3.8) is 0 Å². The van der Waals surface area contributed by atoms with Gasteiger partial charge in [0.05, 0.1) is 57.5 Å². The average molecular weight is 866 g/mol. The Labute approximate surface area is 354 Å². The van der Waals surface area contributed by atoms with Crippen molar-refractivity contribution < 1.29 is 14.3 Å². The van der Waals surface area contributed by atoms with Crippen molar-refractivity contribution in [2.75, 3.05) is 61.2 Å². The molecule has 59 heavy (non-hydrogen) atoms. The topological polar surface area (TPSA) is 197 Å². The number of nitrogens with zero attached hydrogens (tertiary/aromatic N) is 14. The summed E-state index contributed by atoms with van der Waals surface area (Å²) in [5.41, 5.74) is 5.90. The summed E-state index contributed by atoms with van der Waals surface area (Å²) in [6.45, 7) is 11.0. The SMILES string of the molecule is CCNC(=O)Nc1ccc(-c2nc(N3CCOC[C@H]3C)c3c(ncn3C)n2)cc1.C[C@@H]1COCCN1c1nc(Cl)nc2ncn(C)c12.Cn1cnc2nc(Cl)nc(Cl)c21. The molecule has 0 saturated carbocycles. The highest BCUT2D eigenvalue weighted by Gasteiger charge is 2.26. The third-order valence-electron chi connectivity index (χ3n) is 9.60. The molecule has 19 nitrogen and oxygen atoms in total. The molecule has 0 radical (unpaired) electrons. The van der Waals surface area contributed by atoms with Crippen LogP contribution in [0.1, 0.15) is 20.8 Å². The smallest absolute Gasteiger partial charge is 0.319 e. The molecule has 0 spiro atoms. The zero-order chi connectivity index (χ0) is 41.8. The quantitative estimate of drug-likeness (QED) is 0.167. The Bertz CT molecular complexity index is 2580. The first-order chi connectivity index (χ1) is 28.4. The highest BCUT2D eigenvalue weighted by atomic mass is 35.5. The fourth-order valence-electron chi connectivity index (χ4n) is 6.68. The van der Waals surface area contributed by atoms with Crippen molar-refractivity contribution in [2.24, 2.45) is 21.1 Å². The van der Waals surface area contributed by atoms with E-state index in [0.29, 0.717) is 72.1 Å². The van der Waals surface area contributed by atoms with Crippen molar-refractivity contribution in [3.8, 4) is 11.4 Å². The van der Waals surface area contributed by atoms with Gasteiger partial charge in [-0.2, -0.15) is 15.0 Å². The van der Waals surface area contributed by atoms with Crippen LogP contribution in [-0.2, 0) is 30.6 Å². The zero-order valence-corrected chi connectivity index (χ0v) is 35.5. The largest absolute Gasteiger partial charge is 0.377 e. The molecule has 0 unspecified atom stereocenters. The number of aryl methyl sites for hydroxylation is 3. The van der Waals surface area contributed by atoms with E-state index in [1.54, 1.807) is 23.5 Å². The lowest BCUT2D eigenvalue weighted by Gasteiger charge is -2.34. The molecule has 2 fully saturated rings. The number of fused-ring (bicyclic) bond motifs is 3. The molecule has 0 aliphatic carbocycles. The summed E-state index contributed by atoms with van der Waals surface area (Å²) in [5, 5.41) is 6.18. The Morgan fingerprint density at radius 2 is 1.19 bits per heavy atom. The predicted molar refractivity (Wildman–Crippen MR) is 227 cm³/mol. The number of rotatable bonds is 5. The molecule has 0 bridgehead atoms. The third-order valence-corrected chi connectivity index (χ3v) is 10.2. The molecule has 8 heterocycles. The van der Waals surface area contributed by atoms with Gasteiger partial charge in [0, 0.05) is 52.0 Å². The van der Waals surface area contributed by atoms with Crippen LogP contribution in [0.4, 0.5) is 22.1 Å². The molecule has 2 atom stereocenters. The maximum Gasteiger partial charge on any atom is 0.319 e. The molecule has 7 aromatic rings.